The summed E-state index contributed by atoms with van der Waals surface area (Å²) < 4.78 is 31.9. The van der Waals surface area contributed by atoms with Gasteiger partial charge in [-0.2, -0.15) is 0 Å². The molecule has 0 bridgehead atoms. The van der Waals surface area contributed by atoms with E-state index in [1.807, 2.05) is 0 Å². The number of carbonyl (C=O) groups excluding carboxylic acids is 1. The molecule has 0 fully saturated rings. The molecule has 98 valence electrons. The highest BCUT2D eigenvalue weighted by molar-refractivity contribution is 6.35. The van der Waals surface area contributed by atoms with E-state index in [4.69, 9.17) is 16.3 Å². The van der Waals surface area contributed by atoms with Gasteiger partial charge < -0.3 is 4.74 Å². The first-order chi connectivity index (χ1) is 9.04. The van der Waals surface area contributed by atoms with Crippen LogP contribution in [0.1, 0.15) is 15.9 Å². The number of rotatable bonds is 3. The van der Waals surface area contributed by atoms with Crippen molar-refractivity contribution in [2.24, 2.45) is 0 Å². The van der Waals surface area contributed by atoms with E-state index in [2.05, 4.69) is 0 Å². The first-order valence-electron chi connectivity index (χ1n) is 5.37. The Labute approximate surface area is 113 Å². The Morgan fingerprint density at radius 3 is 2.58 bits per heavy atom. The Morgan fingerprint density at radius 1 is 1.21 bits per heavy atom. The zero-order chi connectivity index (χ0) is 14.0. The zero-order valence-electron chi connectivity index (χ0n) is 9.91. The van der Waals surface area contributed by atoms with Crippen molar-refractivity contribution in [1.29, 1.82) is 0 Å². The molecule has 2 aromatic carbocycles. The van der Waals surface area contributed by atoms with Crippen LogP contribution in [0.2, 0.25) is 5.02 Å². The molecule has 2 rings (SSSR count). The van der Waals surface area contributed by atoms with Crippen LogP contribution in [0.15, 0.2) is 36.4 Å². The number of carbonyl (C=O) groups is 1. The van der Waals surface area contributed by atoms with Crippen molar-refractivity contribution in [2.45, 2.75) is 0 Å². The van der Waals surface area contributed by atoms with Gasteiger partial charge in [0.15, 0.2) is 0 Å². The minimum absolute atomic E-state index is 0.0312. The second-order valence-electron chi connectivity index (χ2n) is 3.77. The van der Waals surface area contributed by atoms with Gasteiger partial charge in [-0.25, -0.2) is 8.78 Å². The van der Waals surface area contributed by atoms with Crippen LogP contribution in [-0.2, 0) is 0 Å². The molecule has 0 aliphatic carbocycles. The number of ether oxygens (including phenoxy) is 1. The third-order valence-corrected chi connectivity index (χ3v) is 2.91. The van der Waals surface area contributed by atoms with E-state index < -0.39 is 17.4 Å². The highest BCUT2D eigenvalue weighted by Crippen LogP contribution is 2.27. The van der Waals surface area contributed by atoms with Gasteiger partial charge in [0.2, 0.25) is 5.78 Å². The van der Waals surface area contributed by atoms with Crippen LogP contribution in [0.5, 0.6) is 5.75 Å². The Morgan fingerprint density at radius 2 is 1.95 bits per heavy atom. The summed E-state index contributed by atoms with van der Waals surface area (Å²) in [5, 5.41) is -0.0312. The van der Waals surface area contributed by atoms with Crippen LogP contribution in [0, 0.1) is 11.6 Å². The molecule has 0 spiro atoms. The lowest BCUT2D eigenvalue weighted by Crippen LogP contribution is -2.07. The van der Waals surface area contributed by atoms with E-state index in [9.17, 15) is 13.6 Å². The molecule has 0 amide bonds. The van der Waals surface area contributed by atoms with Crippen LogP contribution in [0.3, 0.4) is 0 Å². The van der Waals surface area contributed by atoms with Crippen molar-refractivity contribution in [1.82, 2.24) is 0 Å². The SMILES string of the molecule is COc1ccc(F)cc1C(=O)c1c(F)cccc1Cl. The summed E-state index contributed by atoms with van der Waals surface area (Å²) >= 11 is 5.81. The lowest BCUT2D eigenvalue weighted by atomic mass is 10.0. The van der Waals surface area contributed by atoms with E-state index in [0.29, 0.717) is 0 Å². The first-order valence-corrected chi connectivity index (χ1v) is 5.74. The minimum Gasteiger partial charge on any atom is -0.496 e. The van der Waals surface area contributed by atoms with Crippen molar-refractivity contribution in [3.8, 4) is 5.75 Å². The third kappa shape index (κ3) is 2.58. The highest BCUT2D eigenvalue weighted by Gasteiger charge is 2.21. The predicted molar refractivity (Wildman–Crippen MR) is 67.8 cm³/mol. The molecule has 2 aromatic rings. The summed E-state index contributed by atoms with van der Waals surface area (Å²) in [7, 11) is 1.34. The molecule has 0 aliphatic heterocycles. The van der Waals surface area contributed by atoms with Crippen molar-refractivity contribution >= 4 is 17.4 Å². The minimum atomic E-state index is -0.760. The molecule has 0 saturated carbocycles. The quantitative estimate of drug-likeness (QED) is 0.799. The summed E-state index contributed by atoms with van der Waals surface area (Å²) in [4.78, 5) is 12.2. The molecule has 0 heterocycles. The van der Waals surface area contributed by atoms with Crippen molar-refractivity contribution in [3.05, 3.63) is 64.2 Å². The molecule has 5 heteroatoms. The zero-order valence-corrected chi connectivity index (χ0v) is 10.7. The molecule has 0 aromatic heterocycles. The van der Waals surface area contributed by atoms with Gasteiger partial charge >= 0.3 is 0 Å². The fraction of sp³-hybridized carbons (Fsp3) is 0.0714. The van der Waals surface area contributed by atoms with E-state index >= 15 is 0 Å². The maximum Gasteiger partial charge on any atom is 0.201 e. The van der Waals surface area contributed by atoms with Gasteiger partial charge in [0.1, 0.15) is 17.4 Å². The molecule has 2 nitrogen and oxygen atoms in total. The maximum absolute atomic E-state index is 13.7. The fourth-order valence-corrected chi connectivity index (χ4v) is 1.96. The lowest BCUT2D eigenvalue weighted by Gasteiger charge is -2.09. The Balaban J connectivity index is 2.59. The number of benzene rings is 2. The van der Waals surface area contributed by atoms with Crippen LogP contribution < -0.4 is 4.74 Å². The average molecular weight is 283 g/mol. The summed E-state index contributed by atoms with van der Waals surface area (Å²) in [6.07, 6.45) is 0. The maximum atomic E-state index is 13.7. The van der Waals surface area contributed by atoms with Crippen LogP contribution >= 0.6 is 11.6 Å². The van der Waals surface area contributed by atoms with E-state index in [1.165, 1.54) is 25.3 Å². The number of hydrogen-bond acceptors (Lipinski definition) is 2. The molecule has 0 atom stereocenters. The summed E-state index contributed by atoms with van der Waals surface area (Å²) in [6.45, 7) is 0. The van der Waals surface area contributed by atoms with Gasteiger partial charge in [0, 0.05) is 0 Å². The monoisotopic (exact) mass is 282 g/mol. The molecule has 0 unspecified atom stereocenters. The molecule has 19 heavy (non-hydrogen) atoms. The summed E-state index contributed by atoms with van der Waals surface area (Å²) in [6, 6.07) is 7.34. The molecular weight excluding hydrogens is 274 g/mol. The third-order valence-electron chi connectivity index (χ3n) is 2.60. The molecule has 0 radical (unpaired) electrons. The number of halogens is 3. The van der Waals surface area contributed by atoms with Gasteiger partial charge in [-0.15, -0.1) is 0 Å². The Kier molecular flexibility index (Phi) is 3.81. The van der Waals surface area contributed by atoms with Gasteiger partial charge in [0.25, 0.3) is 0 Å². The molecule has 0 aliphatic rings. The second kappa shape index (κ2) is 5.36. The topological polar surface area (TPSA) is 26.3 Å². The normalized spacial score (nSPS) is 10.3. The number of methoxy groups -OCH3 is 1. The number of hydrogen-bond donors (Lipinski definition) is 0. The van der Waals surface area contributed by atoms with Crippen molar-refractivity contribution in [3.63, 3.8) is 0 Å². The van der Waals surface area contributed by atoms with Gasteiger partial charge in [-0.3, -0.25) is 4.79 Å². The Bertz CT molecular complexity index is 621. The fourth-order valence-electron chi connectivity index (χ4n) is 1.71. The molecule has 0 N–H and O–H groups in total. The van der Waals surface area contributed by atoms with Crippen molar-refractivity contribution in [2.75, 3.05) is 7.11 Å². The van der Waals surface area contributed by atoms with Crippen LogP contribution in [-0.4, -0.2) is 12.9 Å². The van der Waals surface area contributed by atoms with Gasteiger partial charge in [-0.1, -0.05) is 17.7 Å². The summed E-state index contributed by atoms with van der Waals surface area (Å²) in [5.74, 6) is -1.94. The average Bonchev–Trinajstić information content (AvgIpc) is 2.38. The first kappa shape index (κ1) is 13.5. The predicted octanol–water partition coefficient (Wildman–Crippen LogP) is 3.86. The number of ketones is 1. The molecule has 0 saturated heterocycles. The second-order valence-corrected chi connectivity index (χ2v) is 4.18. The summed E-state index contributed by atoms with van der Waals surface area (Å²) in [5.41, 5.74) is -0.373. The van der Waals surface area contributed by atoms with E-state index in [0.717, 1.165) is 18.2 Å². The van der Waals surface area contributed by atoms with E-state index in [1.54, 1.807) is 0 Å². The highest BCUT2D eigenvalue weighted by atomic mass is 35.5. The standard InChI is InChI=1S/C14H9ClF2O2/c1-19-12-6-5-8(16)7-9(12)14(18)13-10(15)3-2-4-11(13)17/h2-7H,1H3. The van der Waals surface area contributed by atoms with Crippen LogP contribution in [0.4, 0.5) is 8.78 Å². The smallest absolute Gasteiger partial charge is 0.201 e. The lowest BCUT2D eigenvalue weighted by molar-refractivity contribution is 0.103. The van der Waals surface area contributed by atoms with Gasteiger partial charge in [0.05, 0.1) is 23.3 Å². The van der Waals surface area contributed by atoms with Gasteiger partial charge in [-0.05, 0) is 30.3 Å². The van der Waals surface area contributed by atoms with Crippen molar-refractivity contribution < 1.29 is 18.3 Å². The Hall–Kier alpha value is -1.94. The van der Waals surface area contributed by atoms with Crippen LogP contribution in [0.25, 0.3) is 0 Å². The van der Waals surface area contributed by atoms with E-state index in [-0.39, 0.29) is 21.9 Å². The molecular formula is C14H9ClF2O2. The largest absolute Gasteiger partial charge is 0.496 e.